The molecule has 6 aromatic rings. The second kappa shape index (κ2) is 21.8. The van der Waals surface area contributed by atoms with Gasteiger partial charge in [-0.3, -0.25) is 0 Å². The first-order valence-electron chi connectivity index (χ1n) is 22.0. The van der Waals surface area contributed by atoms with Crippen molar-refractivity contribution in [1.82, 2.24) is 0 Å². The van der Waals surface area contributed by atoms with E-state index < -0.39 is 21.3 Å². The summed E-state index contributed by atoms with van der Waals surface area (Å²) in [6.07, 6.45) is 18.5. The van der Waals surface area contributed by atoms with Crippen LogP contribution in [0.15, 0.2) is 161 Å². The molecule has 6 aromatic carbocycles. The van der Waals surface area contributed by atoms with Crippen LogP contribution in [-0.4, -0.2) is 3.21 Å². The maximum atomic E-state index is 2.71. The molecule has 2 aliphatic carbocycles. The fourth-order valence-electron chi connectivity index (χ4n) is 10.2. The summed E-state index contributed by atoms with van der Waals surface area (Å²) in [5, 5.41) is 0. The Hall–Kier alpha value is -3.87. The van der Waals surface area contributed by atoms with E-state index in [0.717, 1.165) is 38.5 Å². The molecule has 2 unspecified atom stereocenters. The number of hydrogen-bond acceptors (Lipinski definition) is 0. The SMILES string of the molecule is CCCC(Cc1ccccc1)c1cc2c(cc1C)Cc1c-2cc(C(CCC)Cc2ccccc2)c(C)[c]1[Zr+2]([C]1=CC=CC1)=[C](Cc1ccccc1)Cc1ccccc1.[Cl-].[Cl-]. The van der Waals surface area contributed by atoms with Gasteiger partial charge in [0, 0.05) is 0 Å². The Morgan fingerprint density at radius 1 is 0.583 bits per heavy atom. The second-order valence-electron chi connectivity index (χ2n) is 17.0. The maximum absolute atomic E-state index is 2.75. The van der Waals surface area contributed by atoms with Crippen LogP contribution >= 0.6 is 0 Å². The Balaban J connectivity index is 0.00000302. The van der Waals surface area contributed by atoms with Crippen molar-refractivity contribution in [3.63, 3.8) is 0 Å². The predicted molar refractivity (Wildman–Crippen MR) is 247 cm³/mol. The zero-order valence-electron chi connectivity index (χ0n) is 36.0. The zero-order valence-corrected chi connectivity index (χ0v) is 40.0. The van der Waals surface area contributed by atoms with E-state index in [4.69, 9.17) is 0 Å². The number of benzene rings is 6. The topological polar surface area (TPSA) is 0 Å². The maximum Gasteiger partial charge on any atom is -1.00 e. The molecule has 0 aliphatic heterocycles. The second-order valence-corrected chi connectivity index (χ2v) is 23.4. The van der Waals surface area contributed by atoms with Crippen molar-refractivity contribution in [2.24, 2.45) is 0 Å². The molecule has 0 fully saturated rings. The summed E-state index contributed by atoms with van der Waals surface area (Å²) in [5.74, 6) is 0.984. The molecule has 306 valence electrons. The van der Waals surface area contributed by atoms with Gasteiger partial charge in [-0.15, -0.1) is 0 Å². The number of aryl methyl sites for hydroxylation is 1. The van der Waals surface area contributed by atoms with Gasteiger partial charge < -0.3 is 24.8 Å². The van der Waals surface area contributed by atoms with Crippen LogP contribution in [0.4, 0.5) is 0 Å². The zero-order chi connectivity index (χ0) is 39.8. The van der Waals surface area contributed by atoms with Crippen molar-refractivity contribution in [3.05, 3.63) is 217 Å². The van der Waals surface area contributed by atoms with Crippen LogP contribution in [0, 0.1) is 13.8 Å². The van der Waals surface area contributed by atoms with E-state index >= 15 is 0 Å². The molecule has 0 saturated carbocycles. The Labute approximate surface area is 381 Å². The molecule has 2 aliphatic rings. The van der Waals surface area contributed by atoms with Gasteiger partial charge >= 0.3 is 359 Å². The monoisotopic (exact) mass is 904 g/mol. The van der Waals surface area contributed by atoms with Crippen LogP contribution in [0.2, 0.25) is 0 Å². The molecule has 8 rings (SSSR count). The summed E-state index contributed by atoms with van der Waals surface area (Å²) in [6, 6.07) is 53.2. The number of rotatable bonds is 16. The molecule has 0 bridgehead atoms. The summed E-state index contributed by atoms with van der Waals surface area (Å²) < 4.78 is 5.32. The predicted octanol–water partition coefficient (Wildman–Crippen LogP) is 7.88. The van der Waals surface area contributed by atoms with Crippen LogP contribution in [0.3, 0.4) is 0 Å². The van der Waals surface area contributed by atoms with E-state index in [0.29, 0.717) is 11.8 Å². The third-order valence-electron chi connectivity index (χ3n) is 12.9. The van der Waals surface area contributed by atoms with Crippen molar-refractivity contribution >= 4 is 6.48 Å². The van der Waals surface area contributed by atoms with Gasteiger partial charge in [-0.2, -0.15) is 0 Å². The first-order chi connectivity index (χ1) is 28.5. The minimum absolute atomic E-state index is 0. The summed E-state index contributed by atoms with van der Waals surface area (Å²) in [6.45, 7) is 9.68. The first-order valence-corrected chi connectivity index (χ1v) is 25.7. The molecule has 0 amide bonds. The van der Waals surface area contributed by atoms with E-state index in [1.165, 1.54) is 64.6 Å². The molecule has 2 atom stereocenters. The van der Waals surface area contributed by atoms with Gasteiger partial charge in [-0.25, -0.2) is 0 Å². The molecule has 0 heterocycles. The van der Waals surface area contributed by atoms with Crippen LogP contribution < -0.4 is 28.1 Å². The Morgan fingerprint density at radius 3 is 1.55 bits per heavy atom. The van der Waals surface area contributed by atoms with Crippen LogP contribution in [0.5, 0.6) is 0 Å². The molecular weight excluding hydrogens is 847 g/mol. The van der Waals surface area contributed by atoms with E-state index in [2.05, 4.69) is 185 Å². The Kier molecular flexibility index (Phi) is 16.6. The van der Waals surface area contributed by atoms with Gasteiger partial charge in [-0.1, -0.05) is 0 Å². The number of halogens is 2. The molecule has 0 aromatic heterocycles. The molecule has 0 nitrogen and oxygen atoms in total. The Bertz CT molecular complexity index is 2380. The summed E-state index contributed by atoms with van der Waals surface area (Å²) >= 11 is -2.75. The van der Waals surface area contributed by atoms with Crippen LogP contribution in [0.25, 0.3) is 11.1 Å². The van der Waals surface area contributed by atoms with Gasteiger partial charge in [0.2, 0.25) is 0 Å². The normalized spacial score (nSPS) is 13.2. The molecule has 0 N–H and O–H groups in total. The fraction of sp³-hybridized carbons (Fsp3) is 0.281. The average molecular weight is 907 g/mol. The number of hydrogen-bond donors (Lipinski definition) is 0. The van der Waals surface area contributed by atoms with Gasteiger partial charge in [0.05, 0.1) is 0 Å². The minimum atomic E-state index is -2.75. The van der Waals surface area contributed by atoms with Crippen molar-refractivity contribution in [2.45, 2.75) is 104 Å². The van der Waals surface area contributed by atoms with Crippen molar-refractivity contribution < 1.29 is 46.1 Å². The van der Waals surface area contributed by atoms with Gasteiger partial charge in [0.15, 0.2) is 0 Å². The minimum Gasteiger partial charge on any atom is -1.00 e. The molecule has 60 heavy (non-hydrogen) atoms. The number of fused-ring (bicyclic) bond motifs is 3. The van der Waals surface area contributed by atoms with E-state index in [-0.39, 0.29) is 24.8 Å². The molecule has 0 radical (unpaired) electrons. The third kappa shape index (κ3) is 10.4. The largest absolute Gasteiger partial charge is 1.00 e. The van der Waals surface area contributed by atoms with Gasteiger partial charge in [0.1, 0.15) is 0 Å². The van der Waals surface area contributed by atoms with Crippen molar-refractivity contribution in [3.8, 4) is 11.1 Å². The van der Waals surface area contributed by atoms with Crippen molar-refractivity contribution in [2.75, 3.05) is 0 Å². The summed E-state index contributed by atoms with van der Waals surface area (Å²) in [7, 11) is 0. The smallest absolute Gasteiger partial charge is 1.00 e. The number of allylic oxidation sites excluding steroid dienone is 4. The van der Waals surface area contributed by atoms with Crippen molar-refractivity contribution in [1.29, 1.82) is 0 Å². The summed E-state index contributed by atoms with van der Waals surface area (Å²) in [5.41, 5.74) is 18.2. The van der Waals surface area contributed by atoms with E-state index in [9.17, 15) is 0 Å². The molecule has 3 heteroatoms. The standard InChI is InChI=1S/C37H41.C15H14.C5H5.2ClH.Zr/c1-5-13-30(21-28-15-9-7-10-16-28)34-24-36-32(19-26(34)3)23-33-20-27(4)35(25-37(33)36)31(14-6-2)22-29-17-11-8-12-18-29;1-3-8-14(9-4-1)12-7-13-15-10-5-2-6-11-15;1-2-4-5-3-1;;;/h7-12,15-19,24-25,30-31H,5-6,13-14,21-23H2,1-4H3;1-6,8-11H,12-13H2;1-3H,4H2;2*1H;/q;;;;;+2/p-2. The summed E-state index contributed by atoms with van der Waals surface area (Å²) in [4.78, 5) is 0. The molecule has 0 saturated heterocycles. The molecular formula is C57H60Cl2Zr. The van der Waals surface area contributed by atoms with E-state index in [1.54, 1.807) is 37.6 Å². The van der Waals surface area contributed by atoms with E-state index in [1.807, 2.05) is 0 Å². The molecule has 0 spiro atoms. The quantitative estimate of drug-likeness (QED) is 0.0927. The van der Waals surface area contributed by atoms with Gasteiger partial charge in [-0.05, 0) is 0 Å². The van der Waals surface area contributed by atoms with Crippen LogP contribution in [0.1, 0.15) is 113 Å². The third-order valence-corrected chi connectivity index (χ3v) is 20.9. The van der Waals surface area contributed by atoms with Gasteiger partial charge in [0.25, 0.3) is 0 Å². The van der Waals surface area contributed by atoms with Crippen LogP contribution in [-0.2, 0) is 53.4 Å². The first kappa shape index (κ1) is 45.7. The Morgan fingerprint density at radius 2 is 1.07 bits per heavy atom. The fourth-order valence-corrected chi connectivity index (χ4v) is 18.9. The average Bonchev–Trinajstić information content (AvgIpc) is 3.91.